The van der Waals surface area contributed by atoms with Crippen LogP contribution in [0.4, 0.5) is 9.80 Å². The molecule has 1 saturated carbocycles. The largest absolute Gasteiger partial charge is 0.417 e. The van der Waals surface area contributed by atoms with Gasteiger partial charge in [0.05, 0.1) is 5.69 Å². The SMILES string of the molecule is O=C(Nc1cc(C2CCCC2)ns1)Oc1ccccc1. The Morgan fingerprint density at radius 2 is 2.00 bits per heavy atom. The van der Waals surface area contributed by atoms with Crippen LogP contribution in [0.2, 0.25) is 0 Å². The van der Waals surface area contributed by atoms with Crippen molar-refractivity contribution < 1.29 is 9.53 Å². The fourth-order valence-electron chi connectivity index (χ4n) is 2.48. The van der Waals surface area contributed by atoms with Crippen LogP contribution in [0.5, 0.6) is 5.75 Å². The molecule has 1 fully saturated rings. The molecule has 20 heavy (non-hydrogen) atoms. The van der Waals surface area contributed by atoms with E-state index in [-0.39, 0.29) is 0 Å². The van der Waals surface area contributed by atoms with Crippen LogP contribution in [0.25, 0.3) is 0 Å². The summed E-state index contributed by atoms with van der Waals surface area (Å²) in [4.78, 5) is 11.8. The number of carbonyl (C=O) groups excluding carboxylic acids is 1. The molecule has 3 rings (SSSR count). The number of hydrogen-bond acceptors (Lipinski definition) is 4. The molecule has 0 spiro atoms. The molecule has 4 nitrogen and oxygen atoms in total. The van der Waals surface area contributed by atoms with Crippen LogP contribution in [0.3, 0.4) is 0 Å². The van der Waals surface area contributed by atoms with Crippen LogP contribution in [-0.4, -0.2) is 10.5 Å². The van der Waals surface area contributed by atoms with Crippen molar-refractivity contribution in [2.45, 2.75) is 31.6 Å². The minimum absolute atomic E-state index is 0.474. The lowest BCUT2D eigenvalue weighted by atomic mass is 10.0. The molecule has 1 aliphatic rings. The van der Waals surface area contributed by atoms with Crippen LogP contribution >= 0.6 is 11.5 Å². The predicted octanol–water partition coefficient (Wildman–Crippen LogP) is 4.41. The molecule has 2 aromatic rings. The summed E-state index contributed by atoms with van der Waals surface area (Å²) in [7, 11) is 0. The van der Waals surface area contributed by atoms with Crippen LogP contribution in [0.1, 0.15) is 37.3 Å². The molecule has 104 valence electrons. The number of aromatic nitrogens is 1. The molecule has 0 atom stereocenters. The van der Waals surface area contributed by atoms with Crippen molar-refractivity contribution in [3.05, 3.63) is 42.1 Å². The van der Waals surface area contributed by atoms with Gasteiger partial charge in [-0.05, 0) is 42.6 Å². The lowest BCUT2D eigenvalue weighted by Gasteiger charge is -2.04. The van der Waals surface area contributed by atoms with Crippen molar-refractivity contribution in [1.29, 1.82) is 0 Å². The molecule has 1 heterocycles. The average molecular weight is 288 g/mol. The van der Waals surface area contributed by atoms with Gasteiger partial charge in [-0.3, -0.25) is 5.32 Å². The number of nitrogens with zero attached hydrogens (tertiary/aromatic N) is 1. The van der Waals surface area contributed by atoms with E-state index in [0.29, 0.717) is 11.7 Å². The minimum atomic E-state index is -0.474. The first-order valence-corrected chi connectivity index (χ1v) is 7.59. The van der Waals surface area contributed by atoms with Gasteiger partial charge in [-0.2, -0.15) is 4.37 Å². The first-order chi connectivity index (χ1) is 9.81. The second-order valence-electron chi connectivity index (χ2n) is 4.92. The number of rotatable bonds is 3. The van der Waals surface area contributed by atoms with Gasteiger partial charge < -0.3 is 4.74 Å². The molecular weight excluding hydrogens is 272 g/mol. The summed E-state index contributed by atoms with van der Waals surface area (Å²) in [6, 6.07) is 11.0. The van der Waals surface area contributed by atoms with E-state index >= 15 is 0 Å². The van der Waals surface area contributed by atoms with Gasteiger partial charge in [0.2, 0.25) is 0 Å². The van der Waals surface area contributed by atoms with E-state index in [4.69, 9.17) is 4.74 Å². The number of amides is 1. The molecule has 5 heteroatoms. The maximum absolute atomic E-state index is 11.8. The summed E-state index contributed by atoms with van der Waals surface area (Å²) < 4.78 is 9.61. The second-order valence-corrected chi connectivity index (χ2v) is 5.73. The lowest BCUT2D eigenvalue weighted by molar-refractivity contribution is 0.215. The monoisotopic (exact) mass is 288 g/mol. The third kappa shape index (κ3) is 3.17. The fourth-order valence-corrected chi connectivity index (χ4v) is 3.19. The van der Waals surface area contributed by atoms with Gasteiger partial charge in [-0.25, -0.2) is 4.79 Å². The van der Waals surface area contributed by atoms with E-state index < -0.39 is 6.09 Å². The topological polar surface area (TPSA) is 51.2 Å². The number of benzene rings is 1. The van der Waals surface area contributed by atoms with Crippen LogP contribution in [0.15, 0.2) is 36.4 Å². The Kier molecular flexibility index (Phi) is 3.97. The number of anilines is 1. The normalized spacial score (nSPS) is 15.2. The highest BCUT2D eigenvalue weighted by Gasteiger charge is 2.20. The Labute approximate surface area is 121 Å². The standard InChI is InChI=1S/C15H16N2O2S/c18-15(19-12-8-2-1-3-9-12)16-14-10-13(17-20-14)11-6-4-5-7-11/h1-3,8-11H,4-7H2,(H,16,18). The van der Waals surface area contributed by atoms with Crippen LogP contribution in [0, 0.1) is 0 Å². The zero-order valence-electron chi connectivity index (χ0n) is 11.0. The van der Waals surface area contributed by atoms with E-state index in [9.17, 15) is 4.79 Å². The van der Waals surface area contributed by atoms with Crippen molar-refractivity contribution in [2.24, 2.45) is 0 Å². The number of para-hydroxylation sites is 1. The van der Waals surface area contributed by atoms with Gasteiger partial charge in [0.25, 0.3) is 0 Å². The molecule has 1 aliphatic carbocycles. The molecule has 1 aromatic heterocycles. The highest BCUT2D eigenvalue weighted by Crippen LogP contribution is 2.35. The van der Waals surface area contributed by atoms with E-state index in [1.807, 2.05) is 24.3 Å². The molecule has 1 N–H and O–H groups in total. The van der Waals surface area contributed by atoms with Gasteiger partial charge in [-0.15, -0.1) is 0 Å². The quantitative estimate of drug-likeness (QED) is 0.910. The predicted molar refractivity (Wildman–Crippen MR) is 79.4 cm³/mol. The Balaban J connectivity index is 1.59. The van der Waals surface area contributed by atoms with E-state index in [2.05, 4.69) is 9.69 Å². The lowest BCUT2D eigenvalue weighted by Crippen LogP contribution is -2.15. The Morgan fingerprint density at radius 3 is 2.75 bits per heavy atom. The Morgan fingerprint density at radius 1 is 1.25 bits per heavy atom. The highest BCUT2D eigenvalue weighted by molar-refractivity contribution is 7.10. The first kappa shape index (κ1) is 13.1. The highest BCUT2D eigenvalue weighted by atomic mass is 32.1. The van der Waals surface area contributed by atoms with E-state index in [1.54, 1.807) is 12.1 Å². The van der Waals surface area contributed by atoms with Crippen molar-refractivity contribution in [3.63, 3.8) is 0 Å². The molecule has 0 aliphatic heterocycles. The summed E-state index contributed by atoms with van der Waals surface area (Å²) in [5, 5.41) is 3.47. The van der Waals surface area contributed by atoms with Crippen molar-refractivity contribution in [2.75, 3.05) is 5.32 Å². The van der Waals surface area contributed by atoms with Gasteiger partial charge in [0.1, 0.15) is 10.8 Å². The molecule has 0 saturated heterocycles. The van der Waals surface area contributed by atoms with Crippen LogP contribution in [-0.2, 0) is 0 Å². The molecule has 0 bridgehead atoms. The van der Waals surface area contributed by atoms with E-state index in [0.717, 1.165) is 10.7 Å². The Bertz CT molecular complexity index is 577. The summed E-state index contributed by atoms with van der Waals surface area (Å²) in [5.41, 5.74) is 1.10. The third-order valence-electron chi connectivity index (χ3n) is 3.48. The Hall–Kier alpha value is -1.88. The van der Waals surface area contributed by atoms with Crippen LogP contribution < -0.4 is 10.1 Å². The first-order valence-electron chi connectivity index (χ1n) is 6.82. The van der Waals surface area contributed by atoms with Gasteiger partial charge in [0, 0.05) is 5.92 Å². The maximum Gasteiger partial charge on any atom is 0.417 e. The van der Waals surface area contributed by atoms with Gasteiger partial charge in [0.15, 0.2) is 0 Å². The van der Waals surface area contributed by atoms with Gasteiger partial charge in [-0.1, -0.05) is 31.0 Å². The molecule has 0 radical (unpaired) electrons. The zero-order valence-corrected chi connectivity index (χ0v) is 11.9. The average Bonchev–Trinajstić information content (AvgIpc) is 3.10. The van der Waals surface area contributed by atoms with Crippen molar-refractivity contribution >= 4 is 22.6 Å². The number of ether oxygens (including phenoxy) is 1. The number of hydrogen-bond donors (Lipinski definition) is 1. The summed E-state index contributed by atoms with van der Waals surface area (Å²) in [6.45, 7) is 0. The molecular formula is C15H16N2O2S. The smallest absolute Gasteiger partial charge is 0.410 e. The molecule has 1 amide bonds. The minimum Gasteiger partial charge on any atom is -0.410 e. The summed E-state index contributed by atoms with van der Waals surface area (Å²) in [6.07, 6.45) is 4.50. The van der Waals surface area contributed by atoms with E-state index in [1.165, 1.54) is 37.2 Å². The summed E-state index contributed by atoms with van der Waals surface area (Å²) >= 11 is 1.31. The van der Waals surface area contributed by atoms with Gasteiger partial charge >= 0.3 is 6.09 Å². The fraction of sp³-hybridized carbons (Fsp3) is 0.333. The maximum atomic E-state index is 11.8. The molecule has 0 unspecified atom stereocenters. The van der Waals surface area contributed by atoms with Crippen molar-refractivity contribution in [3.8, 4) is 5.75 Å². The molecule has 1 aromatic carbocycles. The number of carbonyl (C=O) groups is 1. The number of nitrogens with one attached hydrogen (secondary N) is 1. The second kappa shape index (κ2) is 6.05. The zero-order chi connectivity index (χ0) is 13.8. The van der Waals surface area contributed by atoms with Crippen molar-refractivity contribution in [1.82, 2.24) is 4.37 Å². The summed E-state index contributed by atoms with van der Waals surface area (Å²) in [5.74, 6) is 1.09. The third-order valence-corrected chi connectivity index (χ3v) is 4.20.